The molecule has 1 aliphatic rings. The van der Waals surface area contributed by atoms with E-state index in [9.17, 15) is 13.6 Å². The average molecular weight is 270 g/mol. The summed E-state index contributed by atoms with van der Waals surface area (Å²) in [5.74, 6) is -2.30. The highest BCUT2D eigenvalue weighted by atomic mass is 19.1. The third kappa shape index (κ3) is 2.84. The third-order valence-corrected chi connectivity index (χ3v) is 3.38. The van der Waals surface area contributed by atoms with Crippen molar-refractivity contribution in [2.75, 3.05) is 12.8 Å². The second kappa shape index (κ2) is 5.52. The molecule has 3 N–H and O–H groups in total. The van der Waals surface area contributed by atoms with Crippen LogP contribution in [0.4, 0.5) is 14.5 Å². The van der Waals surface area contributed by atoms with Gasteiger partial charge in [-0.2, -0.15) is 0 Å². The number of hydrogen-bond acceptors (Lipinski definition) is 3. The minimum absolute atomic E-state index is 0.0853. The molecule has 1 aromatic rings. The molecule has 19 heavy (non-hydrogen) atoms. The summed E-state index contributed by atoms with van der Waals surface area (Å²) in [6.45, 7) is 0. The van der Waals surface area contributed by atoms with E-state index in [4.69, 9.17) is 10.5 Å². The van der Waals surface area contributed by atoms with Gasteiger partial charge < -0.3 is 15.8 Å². The van der Waals surface area contributed by atoms with E-state index in [-0.39, 0.29) is 23.4 Å². The zero-order valence-electron chi connectivity index (χ0n) is 10.6. The maximum atomic E-state index is 13.7. The predicted molar refractivity (Wildman–Crippen MR) is 66.7 cm³/mol. The van der Waals surface area contributed by atoms with Crippen LogP contribution in [0.1, 0.15) is 29.6 Å². The van der Waals surface area contributed by atoms with E-state index >= 15 is 0 Å². The molecule has 2 rings (SSSR count). The number of carbonyl (C=O) groups excluding carboxylic acids is 1. The Bertz CT molecular complexity index is 494. The van der Waals surface area contributed by atoms with Crippen LogP contribution in [0.25, 0.3) is 0 Å². The molecule has 0 radical (unpaired) electrons. The van der Waals surface area contributed by atoms with Crippen molar-refractivity contribution in [3.63, 3.8) is 0 Å². The van der Waals surface area contributed by atoms with E-state index in [0.717, 1.165) is 31.4 Å². The van der Waals surface area contributed by atoms with Crippen LogP contribution in [0.2, 0.25) is 0 Å². The highest BCUT2D eigenvalue weighted by Crippen LogP contribution is 2.23. The molecule has 0 spiro atoms. The summed E-state index contributed by atoms with van der Waals surface area (Å²) in [5.41, 5.74) is 4.55. The van der Waals surface area contributed by atoms with Crippen molar-refractivity contribution in [3.8, 4) is 0 Å². The topological polar surface area (TPSA) is 64.3 Å². The third-order valence-electron chi connectivity index (χ3n) is 3.38. The molecule has 2 unspecified atom stereocenters. The Hall–Kier alpha value is -1.69. The van der Waals surface area contributed by atoms with Gasteiger partial charge in [0.1, 0.15) is 5.82 Å². The number of amides is 1. The van der Waals surface area contributed by atoms with E-state index in [1.54, 1.807) is 7.11 Å². The Balaban J connectivity index is 2.16. The molecule has 6 heteroatoms. The fourth-order valence-electron chi connectivity index (χ4n) is 2.39. The molecule has 4 nitrogen and oxygen atoms in total. The molecule has 1 saturated carbocycles. The number of nitrogen functional groups attached to an aromatic ring is 1. The maximum absolute atomic E-state index is 13.7. The average Bonchev–Trinajstić information content (AvgIpc) is 2.80. The normalized spacial score (nSPS) is 22.5. The number of methoxy groups -OCH3 is 1. The Kier molecular flexibility index (Phi) is 3.99. The fourth-order valence-corrected chi connectivity index (χ4v) is 2.39. The monoisotopic (exact) mass is 270 g/mol. The highest BCUT2D eigenvalue weighted by Gasteiger charge is 2.29. The number of benzene rings is 1. The molecule has 1 aromatic carbocycles. The van der Waals surface area contributed by atoms with Crippen molar-refractivity contribution in [1.29, 1.82) is 0 Å². The van der Waals surface area contributed by atoms with Gasteiger partial charge in [-0.05, 0) is 31.4 Å². The van der Waals surface area contributed by atoms with Crippen molar-refractivity contribution in [2.24, 2.45) is 0 Å². The quantitative estimate of drug-likeness (QED) is 0.824. The van der Waals surface area contributed by atoms with Gasteiger partial charge in [-0.1, -0.05) is 0 Å². The van der Waals surface area contributed by atoms with E-state index < -0.39 is 17.5 Å². The number of anilines is 1. The number of ether oxygens (including phenoxy) is 1. The molecule has 1 fully saturated rings. The van der Waals surface area contributed by atoms with Crippen molar-refractivity contribution in [2.45, 2.75) is 31.4 Å². The molecule has 0 bridgehead atoms. The molecule has 0 saturated heterocycles. The Labute approximate surface area is 109 Å². The zero-order valence-corrected chi connectivity index (χ0v) is 10.6. The van der Waals surface area contributed by atoms with Crippen LogP contribution in [0.3, 0.4) is 0 Å². The van der Waals surface area contributed by atoms with Crippen LogP contribution in [-0.2, 0) is 4.74 Å². The minimum atomic E-state index is -0.897. The van der Waals surface area contributed by atoms with Crippen LogP contribution in [0, 0.1) is 11.6 Å². The number of nitrogens with two attached hydrogens (primary N) is 1. The predicted octanol–water partition coefficient (Wildman–Crippen LogP) is 1.84. The van der Waals surface area contributed by atoms with Gasteiger partial charge >= 0.3 is 0 Å². The van der Waals surface area contributed by atoms with Crippen LogP contribution < -0.4 is 11.1 Å². The van der Waals surface area contributed by atoms with Gasteiger partial charge in [-0.15, -0.1) is 0 Å². The van der Waals surface area contributed by atoms with Crippen LogP contribution in [-0.4, -0.2) is 25.2 Å². The lowest BCUT2D eigenvalue weighted by atomic mass is 10.1. The van der Waals surface area contributed by atoms with Crippen molar-refractivity contribution >= 4 is 11.6 Å². The van der Waals surface area contributed by atoms with Crippen molar-refractivity contribution in [1.82, 2.24) is 5.32 Å². The molecular weight excluding hydrogens is 254 g/mol. The second-order valence-corrected chi connectivity index (χ2v) is 4.64. The first kappa shape index (κ1) is 13.7. The van der Waals surface area contributed by atoms with Gasteiger partial charge in [0.05, 0.1) is 23.4 Å². The summed E-state index contributed by atoms with van der Waals surface area (Å²) in [6, 6.07) is 1.51. The second-order valence-electron chi connectivity index (χ2n) is 4.64. The first-order chi connectivity index (χ1) is 9.02. The SMILES string of the molecule is COC1CCCC1NC(=O)c1cc(F)cc(N)c1F. The molecule has 0 aliphatic heterocycles. The van der Waals surface area contributed by atoms with Gasteiger partial charge in [0.15, 0.2) is 5.82 Å². The number of hydrogen-bond donors (Lipinski definition) is 2. The minimum Gasteiger partial charge on any atom is -0.396 e. The van der Waals surface area contributed by atoms with E-state index in [1.165, 1.54) is 0 Å². The van der Waals surface area contributed by atoms with Crippen LogP contribution in [0.15, 0.2) is 12.1 Å². The Morgan fingerprint density at radius 1 is 1.42 bits per heavy atom. The molecule has 0 aromatic heterocycles. The van der Waals surface area contributed by atoms with Gasteiger partial charge in [-0.3, -0.25) is 4.79 Å². The first-order valence-electron chi connectivity index (χ1n) is 6.11. The lowest BCUT2D eigenvalue weighted by Crippen LogP contribution is -2.41. The van der Waals surface area contributed by atoms with Gasteiger partial charge in [-0.25, -0.2) is 8.78 Å². The summed E-state index contributed by atoms with van der Waals surface area (Å²) >= 11 is 0. The molecule has 1 aliphatic carbocycles. The smallest absolute Gasteiger partial charge is 0.254 e. The van der Waals surface area contributed by atoms with E-state index in [1.807, 2.05) is 0 Å². The summed E-state index contributed by atoms with van der Waals surface area (Å²) in [6.07, 6.45) is 2.45. The van der Waals surface area contributed by atoms with E-state index in [0.29, 0.717) is 0 Å². The van der Waals surface area contributed by atoms with E-state index in [2.05, 4.69) is 5.32 Å². The van der Waals surface area contributed by atoms with Gasteiger partial charge in [0.25, 0.3) is 5.91 Å². The number of carbonyl (C=O) groups is 1. The highest BCUT2D eigenvalue weighted by molar-refractivity contribution is 5.95. The molecule has 2 atom stereocenters. The summed E-state index contributed by atoms with van der Waals surface area (Å²) < 4.78 is 32.1. The Morgan fingerprint density at radius 3 is 2.84 bits per heavy atom. The molecule has 1 amide bonds. The first-order valence-corrected chi connectivity index (χ1v) is 6.11. The van der Waals surface area contributed by atoms with Crippen molar-refractivity contribution in [3.05, 3.63) is 29.3 Å². The zero-order chi connectivity index (χ0) is 14.0. The number of halogens is 2. The number of rotatable bonds is 3. The van der Waals surface area contributed by atoms with Crippen LogP contribution in [0.5, 0.6) is 0 Å². The van der Waals surface area contributed by atoms with Gasteiger partial charge in [0.2, 0.25) is 0 Å². The largest absolute Gasteiger partial charge is 0.396 e. The number of nitrogens with one attached hydrogen (secondary N) is 1. The Morgan fingerprint density at radius 2 is 2.16 bits per heavy atom. The molecule has 0 heterocycles. The molecule has 104 valence electrons. The van der Waals surface area contributed by atoms with Crippen molar-refractivity contribution < 1.29 is 18.3 Å². The lowest BCUT2D eigenvalue weighted by Gasteiger charge is -2.19. The standard InChI is InChI=1S/C13H16F2N2O2/c1-19-11-4-2-3-10(11)17-13(18)8-5-7(14)6-9(16)12(8)15/h5-6,10-11H,2-4,16H2,1H3,(H,17,18). The fraction of sp³-hybridized carbons (Fsp3) is 0.462. The summed E-state index contributed by atoms with van der Waals surface area (Å²) in [4.78, 5) is 12.0. The maximum Gasteiger partial charge on any atom is 0.254 e. The van der Waals surface area contributed by atoms with Gasteiger partial charge in [0, 0.05) is 7.11 Å². The van der Waals surface area contributed by atoms with Crippen LogP contribution >= 0.6 is 0 Å². The lowest BCUT2D eigenvalue weighted by molar-refractivity contribution is 0.0719. The summed E-state index contributed by atoms with van der Waals surface area (Å²) in [5, 5.41) is 2.67. The molecular formula is C13H16F2N2O2. The summed E-state index contributed by atoms with van der Waals surface area (Å²) in [7, 11) is 1.57.